The fourth-order valence-electron chi connectivity index (χ4n) is 1.82. The van der Waals surface area contributed by atoms with Gasteiger partial charge in [-0.1, -0.05) is 53.7 Å². The molecule has 2 aromatic carbocycles. The van der Waals surface area contributed by atoms with Gasteiger partial charge in [0.2, 0.25) is 0 Å². The van der Waals surface area contributed by atoms with Crippen molar-refractivity contribution in [2.24, 2.45) is 0 Å². The minimum Gasteiger partial charge on any atom is -0.588 e. The van der Waals surface area contributed by atoms with Gasteiger partial charge >= 0.3 is 0 Å². The summed E-state index contributed by atoms with van der Waals surface area (Å²) < 4.78 is 20.2. The molecule has 0 fully saturated rings. The Morgan fingerprint density at radius 3 is 2.30 bits per heavy atom. The predicted octanol–water partition coefficient (Wildman–Crippen LogP) is 3.48. The van der Waals surface area contributed by atoms with Gasteiger partial charge in [-0.15, -0.1) is 0 Å². The van der Waals surface area contributed by atoms with Crippen molar-refractivity contribution in [3.8, 4) is 11.1 Å². The molecular weight excluding hydrogens is 272 g/mol. The molecule has 20 heavy (non-hydrogen) atoms. The van der Waals surface area contributed by atoms with E-state index in [4.69, 9.17) is 4.52 Å². The lowest BCUT2D eigenvalue weighted by atomic mass is 10.1. The Bertz CT molecular complexity index is 671. The monoisotopic (exact) mass is 284 g/mol. The minimum atomic E-state index is -1.38. The molecule has 1 aromatic heterocycles. The summed E-state index contributed by atoms with van der Waals surface area (Å²) in [6.07, 6.45) is 1.61. The quantitative estimate of drug-likeness (QED) is 0.745. The summed E-state index contributed by atoms with van der Waals surface area (Å²) in [6, 6.07) is 18.8. The van der Waals surface area contributed by atoms with E-state index >= 15 is 0 Å². The van der Waals surface area contributed by atoms with Crippen molar-refractivity contribution in [3.63, 3.8) is 0 Å². The molecule has 1 atom stereocenters. The molecule has 0 saturated carbocycles. The Balaban J connectivity index is 1.84. The van der Waals surface area contributed by atoms with Gasteiger partial charge in [0.05, 0.1) is 11.8 Å². The number of hydrogen-bond donors (Lipinski definition) is 1. The number of aromatic nitrogens is 1. The van der Waals surface area contributed by atoms with Crippen LogP contribution in [-0.4, -0.2) is 9.71 Å². The van der Waals surface area contributed by atoms with Gasteiger partial charge in [-0.25, -0.2) is 0 Å². The maximum Gasteiger partial charge on any atom is 0.273 e. The summed E-state index contributed by atoms with van der Waals surface area (Å²) in [4.78, 5) is 0.683. The van der Waals surface area contributed by atoms with Gasteiger partial charge in [0.15, 0.2) is 4.90 Å². The van der Waals surface area contributed by atoms with Crippen LogP contribution in [0.2, 0.25) is 0 Å². The molecule has 0 saturated heterocycles. The average Bonchev–Trinajstić information content (AvgIpc) is 2.97. The van der Waals surface area contributed by atoms with Crippen LogP contribution in [0.4, 0.5) is 5.88 Å². The summed E-state index contributed by atoms with van der Waals surface area (Å²) in [5, 5.41) is 3.77. The van der Waals surface area contributed by atoms with Crippen LogP contribution in [0.1, 0.15) is 0 Å². The van der Waals surface area contributed by atoms with Crippen LogP contribution in [0.25, 0.3) is 11.1 Å². The molecule has 1 unspecified atom stereocenters. The molecule has 4 nitrogen and oxygen atoms in total. The first-order valence-corrected chi connectivity index (χ1v) is 7.23. The van der Waals surface area contributed by atoms with Crippen LogP contribution in [0, 0.1) is 0 Å². The van der Waals surface area contributed by atoms with Crippen LogP contribution < -0.4 is 4.72 Å². The van der Waals surface area contributed by atoms with Crippen molar-refractivity contribution in [2.45, 2.75) is 4.90 Å². The van der Waals surface area contributed by atoms with E-state index in [0.29, 0.717) is 10.8 Å². The largest absolute Gasteiger partial charge is 0.588 e. The zero-order valence-electron chi connectivity index (χ0n) is 10.5. The highest BCUT2D eigenvalue weighted by Crippen LogP contribution is 2.29. The van der Waals surface area contributed by atoms with Gasteiger partial charge in [0.1, 0.15) is 11.4 Å². The van der Waals surface area contributed by atoms with E-state index in [-0.39, 0.29) is 0 Å². The number of hydrogen-bond acceptors (Lipinski definition) is 4. The van der Waals surface area contributed by atoms with E-state index in [1.165, 1.54) is 0 Å². The van der Waals surface area contributed by atoms with Crippen molar-refractivity contribution in [2.75, 3.05) is 4.72 Å². The van der Waals surface area contributed by atoms with Crippen LogP contribution in [-0.2, 0) is 11.4 Å². The molecule has 0 radical (unpaired) electrons. The van der Waals surface area contributed by atoms with Crippen molar-refractivity contribution < 1.29 is 9.08 Å². The summed E-state index contributed by atoms with van der Waals surface area (Å²) in [5.41, 5.74) is 1.75. The summed E-state index contributed by atoms with van der Waals surface area (Å²) in [7, 11) is 0. The maximum atomic E-state index is 12.2. The van der Waals surface area contributed by atoms with E-state index in [2.05, 4.69) is 9.88 Å². The van der Waals surface area contributed by atoms with Crippen LogP contribution in [0.5, 0.6) is 0 Å². The molecule has 1 heterocycles. The highest BCUT2D eigenvalue weighted by atomic mass is 32.2. The molecule has 3 aromatic rings. The van der Waals surface area contributed by atoms with E-state index < -0.39 is 11.4 Å². The maximum absolute atomic E-state index is 12.2. The molecule has 0 amide bonds. The number of rotatable bonds is 4. The van der Waals surface area contributed by atoms with Crippen molar-refractivity contribution in [1.82, 2.24) is 5.16 Å². The van der Waals surface area contributed by atoms with E-state index in [1.807, 2.05) is 48.5 Å². The summed E-state index contributed by atoms with van der Waals surface area (Å²) in [6.45, 7) is 0. The molecule has 0 aliphatic rings. The molecule has 100 valence electrons. The standard InChI is InChI=1S/C15H12N2O2S/c18-20(13-9-5-2-6-10-13)17-15-14(11-16-19-15)12-7-3-1-4-8-12/h1-11,17H. The van der Waals surface area contributed by atoms with Crippen molar-refractivity contribution in [3.05, 3.63) is 66.9 Å². The third-order valence-corrected chi connectivity index (χ3v) is 3.87. The predicted molar refractivity (Wildman–Crippen MR) is 78.4 cm³/mol. The zero-order valence-corrected chi connectivity index (χ0v) is 11.3. The SMILES string of the molecule is [O-][S+](Nc1oncc1-c1ccccc1)c1ccccc1. The van der Waals surface area contributed by atoms with Gasteiger partial charge in [-0.3, -0.25) is 0 Å². The van der Waals surface area contributed by atoms with Crippen LogP contribution in [0.3, 0.4) is 0 Å². The Labute approximate surface area is 119 Å². The van der Waals surface area contributed by atoms with Crippen LogP contribution >= 0.6 is 0 Å². The second-order valence-electron chi connectivity index (χ2n) is 4.12. The van der Waals surface area contributed by atoms with Gasteiger partial charge in [0, 0.05) is 0 Å². The molecule has 1 N–H and O–H groups in total. The molecule has 0 aliphatic carbocycles. The topological polar surface area (TPSA) is 61.1 Å². The van der Waals surface area contributed by atoms with E-state index in [0.717, 1.165) is 11.1 Å². The molecule has 0 aliphatic heterocycles. The first kappa shape index (κ1) is 12.8. The van der Waals surface area contributed by atoms with Crippen molar-refractivity contribution in [1.29, 1.82) is 0 Å². The molecule has 3 rings (SSSR count). The third kappa shape index (κ3) is 2.68. The minimum absolute atomic E-state index is 0.401. The Morgan fingerprint density at radius 1 is 0.950 bits per heavy atom. The van der Waals surface area contributed by atoms with Gasteiger partial charge < -0.3 is 9.08 Å². The van der Waals surface area contributed by atoms with Crippen LogP contribution in [0.15, 0.2) is 76.3 Å². The second kappa shape index (κ2) is 5.81. The Morgan fingerprint density at radius 2 is 1.60 bits per heavy atom. The summed E-state index contributed by atoms with van der Waals surface area (Å²) in [5.74, 6) is 0.401. The number of benzene rings is 2. The molecule has 5 heteroatoms. The highest BCUT2D eigenvalue weighted by molar-refractivity contribution is 7.92. The Kier molecular flexibility index (Phi) is 3.71. The molecule has 0 bridgehead atoms. The number of anilines is 1. The summed E-state index contributed by atoms with van der Waals surface area (Å²) >= 11 is -1.38. The van der Waals surface area contributed by atoms with Gasteiger partial charge in [-0.05, 0) is 17.7 Å². The lowest BCUT2D eigenvalue weighted by Gasteiger charge is -2.09. The average molecular weight is 284 g/mol. The molecule has 0 spiro atoms. The van der Waals surface area contributed by atoms with E-state index in [9.17, 15) is 4.55 Å². The lowest BCUT2D eigenvalue weighted by molar-refractivity contribution is 0.435. The smallest absolute Gasteiger partial charge is 0.273 e. The third-order valence-electron chi connectivity index (χ3n) is 2.80. The molecular formula is C15H12N2O2S. The van der Waals surface area contributed by atoms with E-state index in [1.54, 1.807) is 18.3 Å². The first-order valence-electron chi connectivity index (χ1n) is 6.08. The first-order chi connectivity index (χ1) is 9.84. The highest BCUT2D eigenvalue weighted by Gasteiger charge is 2.17. The second-order valence-corrected chi connectivity index (χ2v) is 5.33. The number of nitrogens with zero attached hydrogens (tertiary/aromatic N) is 1. The lowest BCUT2D eigenvalue weighted by Crippen LogP contribution is -2.12. The fourth-order valence-corrected chi connectivity index (χ4v) is 2.66. The Hall–Kier alpha value is -2.24. The van der Waals surface area contributed by atoms with Gasteiger partial charge in [-0.2, -0.15) is 4.72 Å². The normalized spacial score (nSPS) is 12.1. The zero-order chi connectivity index (χ0) is 13.8. The van der Waals surface area contributed by atoms with Crippen molar-refractivity contribution >= 4 is 17.2 Å². The van der Waals surface area contributed by atoms with Gasteiger partial charge in [0.25, 0.3) is 5.88 Å². The fraction of sp³-hybridized carbons (Fsp3) is 0. The number of nitrogens with one attached hydrogen (secondary N) is 1.